The van der Waals surface area contributed by atoms with Gasteiger partial charge in [0.25, 0.3) is 5.91 Å². The van der Waals surface area contributed by atoms with Crippen LogP contribution >= 0.6 is 0 Å². The van der Waals surface area contributed by atoms with Gasteiger partial charge in [-0.15, -0.1) is 0 Å². The van der Waals surface area contributed by atoms with Gasteiger partial charge in [-0.2, -0.15) is 0 Å². The van der Waals surface area contributed by atoms with Crippen LogP contribution in [-0.4, -0.2) is 36.1 Å². The molecule has 62 valence electrons. The lowest BCUT2D eigenvalue weighted by atomic mass is 10.5. The quantitative estimate of drug-likeness (QED) is 0.417. The van der Waals surface area contributed by atoms with E-state index in [2.05, 4.69) is 5.43 Å². The molecule has 0 bridgehead atoms. The second kappa shape index (κ2) is 4.45. The number of hydrogen-bond donors (Lipinski definition) is 2. The van der Waals surface area contributed by atoms with Crippen molar-refractivity contribution in [1.82, 2.24) is 10.4 Å². The number of amides is 1. The van der Waals surface area contributed by atoms with Crippen molar-refractivity contribution >= 4 is 11.9 Å². The molecule has 1 amide bonds. The molecule has 5 heteroatoms. The normalized spacial score (nSPS) is 10.5. The van der Waals surface area contributed by atoms with Crippen LogP contribution in [0, 0.1) is 0 Å². The van der Waals surface area contributed by atoms with E-state index in [1.807, 2.05) is 0 Å². The van der Waals surface area contributed by atoms with Gasteiger partial charge in [-0.1, -0.05) is 0 Å². The number of nitrogens with zero attached hydrogens (tertiary/aromatic N) is 1. The molecule has 0 heterocycles. The summed E-state index contributed by atoms with van der Waals surface area (Å²) in [4.78, 5) is 20.6. The smallest absolute Gasteiger partial charge is 0.328 e. The molecule has 0 aromatic heterocycles. The van der Waals surface area contributed by atoms with E-state index in [0.29, 0.717) is 0 Å². The predicted molar refractivity (Wildman–Crippen MR) is 38.6 cm³/mol. The second-order valence-corrected chi connectivity index (χ2v) is 2.04. The Labute approximate surface area is 64.3 Å². The summed E-state index contributed by atoms with van der Waals surface area (Å²) in [5.74, 6) is -1.60. The van der Waals surface area contributed by atoms with Crippen LogP contribution in [0.25, 0.3) is 0 Å². The first kappa shape index (κ1) is 9.64. The summed E-state index contributed by atoms with van der Waals surface area (Å²) in [6.07, 6.45) is 1.72. The molecule has 0 aromatic carbocycles. The van der Waals surface area contributed by atoms with Crippen molar-refractivity contribution in [3.8, 4) is 0 Å². The van der Waals surface area contributed by atoms with Crippen LogP contribution in [0.2, 0.25) is 0 Å². The van der Waals surface area contributed by atoms with E-state index in [0.717, 1.165) is 12.2 Å². The molecule has 0 radical (unpaired) electrons. The molecule has 0 aliphatic carbocycles. The van der Waals surface area contributed by atoms with Gasteiger partial charge in [-0.05, 0) is 0 Å². The van der Waals surface area contributed by atoms with Crippen molar-refractivity contribution in [2.75, 3.05) is 14.1 Å². The molecule has 0 saturated heterocycles. The fourth-order valence-electron chi connectivity index (χ4n) is 0.405. The third kappa shape index (κ3) is 6.53. The van der Waals surface area contributed by atoms with Crippen molar-refractivity contribution in [3.63, 3.8) is 0 Å². The van der Waals surface area contributed by atoms with Crippen LogP contribution in [0.3, 0.4) is 0 Å². The number of carbonyl (C=O) groups excluding carboxylic acids is 1. The monoisotopic (exact) mass is 158 g/mol. The molecule has 0 rings (SSSR count). The number of carboxylic acid groups (broad SMARTS) is 1. The molecule has 0 unspecified atom stereocenters. The molecule has 0 aliphatic rings. The third-order valence-electron chi connectivity index (χ3n) is 0.711. The molecule has 11 heavy (non-hydrogen) atoms. The maximum Gasteiger partial charge on any atom is 0.328 e. The Bertz CT molecular complexity index is 186. The first-order chi connectivity index (χ1) is 5.02. The van der Waals surface area contributed by atoms with E-state index in [1.165, 1.54) is 5.01 Å². The van der Waals surface area contributed by atoms with Crippen molar-refractivity contribution in [2.45, 2.75) is 0 Å². The highest BCUT2D eigenvalue weighted by Crippen LogP contribution is 1.74. The summed E-state index contributed by atoms with van der Waals surface area (Å²) in [5.41, 5.74) is 2.34. The van der Waals surface area contributed by atoms with Crippen LogP contribution in [0.4, 0.5) is 0 Å². The molecule has 0 atom stereocenters. The number of nitrogens with one attached hydrogen (secondary N) is 1. The molecular weight excluding hydrogens is 148 g/mol. The van der Waals surface area contributed by atoms with Crippen LogP contribution in [0.15, 0.2) is 12.2 Å². The molecule has 0 fully saturated rings. The summed E-state index contributed by atoms with van der Waals surface area (Å²) in [6, 6.07) is 0. The molecular formula is C6H10N2O3. The average Bonchev–Trinajstić information content (AvgIpc) is 1.82. The molecule has 2 N–H and O–H groups in total. The standard InChI is InChI=1S/C6H10N2O3/c1-8(2)7-5(9)3-4-6(10)11/h3-4H,1-2H3,(H,7,9)(H,10,11)/b4-3-. The zero-order chi connectivity index (χ0) is 8.85. The Morgan fingerprint density at radius 2 is 1.91 bits per heavy atom. The number of carboxylic acids is 1. The van der Waals surface area contributed by atoms with Gasteiger partial charge < -0.3 is 5.11 Å². The summed E-state index contributed by atoms with van der Waals surface area (Å²) in [7, 11) is 3.26. The number of aliphatic carboxylic acids is 1. The van der Waals surface area contributed by atoms with Gasteiger partial charge in [-0.3, -0.25) is 10.2 Å². The fraction of sp³-hybridized carbons (Fsp3) is 0.333. The van der Waals surface area contributed by atoms with Gasteiger partial charge in [0.05, 0.1) is 0 Å². The SMILES string of the molecule is CN(C)NC(=O)/C=C\C(=O)O. The maximum atomic E-state index is 10.7. The van der Waals surface area contributed by atoms with E-state index < -0.39 is 11.9 Å². The maximum absolute atomic E-state index is 10.7. The minimum atomic E-state index is -1.14. The van der Waals surface area contributed by atoms with Crippen molar-refractivity contribution in [2.24, 2.45) is 0 Å². The highest BCUT2D eigenvalue weighted by molar-refractivity contribution is 5.93. The van der Waals surface area contributed by atoms with Gasteiger partial charge in [0.2, 0.25) is 0 Å². The minimum Gasteiger partial charge on any atom is -0.478 e. The fourth-order valence-corrected chi connectivity index (χ4v) is 0.405. The highest BCUT2D eigenvalue weighted by Gasteiger charge is 1.95. The van der Waals surface area contributed by atoms with Crippen molar-refractivity contribution in [3.05, 3.63) is 12.2 Å². The van der Waals surface area contributed by atoms with Gasteiger partial charge >= 0.3 is 5.97 Å². The Balaban J connectivity index is 3.78. The van der Waals surface area contributed by atoms with Crippen molar-refractivity contribution < 1.29 is 14.7 Å². The number of hydrogen-bond acceptors (Lipinski definition) is 3. The highest BCUT2D eigenvalue weighted by atomic mass is 16.4. The molecule has 5 nitrogen and oxygen atoms in total. The third-order valence-corrected chi connectivity index (χ3v) is 0.711. The van der Waals surface area contributed by atoms with Crippen LogP contribution in [0.5, 0.6) is 0 Å². The van der Waals surface area contributed by atoms with Crippen LogP contribution in [0.1, 0.15) is 0 Å². The van der Waals surface area contributed by atoms with Crippen LogP contribution < -0.4 is 5.43 Å². The van der Waals surface area contributed by atoms with Gasteiger partial charge in [0.15, 0.2) is 0 Å². The lowest BCUT2D eigenvalue weighted by Gasteiger charge is -2.08. The Kier molecular flexibility index (Phi) is 3.90. The Hall–Kier alpha value is -1.36. The molecule has 0 aromatic rings. The van der Waals surface area contributed by atoms with Gasteiger partial charge in [0.1, 0.15) is 0 Å². The topological polar surface area (TPSA) is 69.6 Å². The minimum absolute atomic E-state index is 0.461. The van der Waals surface area contributed by atoms with E-state index in [-0.39, 0.29) is 0 Å². The Morgan fingerprint density at radius 1 is 1.36 bits per heavy atom. The zero-order valence-corrected chi connectivity index (χ0v) is 6.37. The molecule has 0 spiro atoms. The largest absolute Gasteiger partial charge is 0.478 e. The van der Waals surface area contributed by atoms with E-state index >= 15 is 0 Å². The van der Waals surface area contributed by atoms with Crippen molar-refractivity contribution in [1.29, 1.82) is 0 Å². The Morgan fingerprint density at radius 3 is 2.27 bits per heavy atom. The average molecular weight is 158 g/mol. The van der Waals surface area contributed by atoms with Crippen LogP contribution in [-0.2, 0) is 9.59 Å². The van der Waals surface area contributed by atoms with Gasteiger partial charge in [-0.25, -0.2) is 9.80 Å². The van der Waals surface area contributed by atoms with E-state index in [4.69, 9.17) is 5.11 Å². The summed E-state index contributed by atoms with van der Waals surface area (Å²) < 4.78 is 0. The van der Waals surface area contributed by atoms with E-state index in [1.54, 1.807) is 14.1 Å². The number of carbonyl (C=O) groups is 2. The van der Waals surface area contributed by atoms with Gasteiger partial charge in [0, 0.05) is 26.2 Å². The zero-order valence-electron chi connectivity index (χ0n) is 6.37. The number of rotatable bonds is 3. The summed E-state index contributed by atoms with van der Waals surface area (Å²) in [5, 5.41) is 9.54. The number of hydrazine groups is 1. The summed E-state index contributed by atoms with van der Waals surface area (Å²) in [6.45, 7) is 0. The lowest BCUT2D eigenvalue weighted by molar-refractivity contribution is -0.131. The second-order valence-electron chi connectivity index (χ2n) is 2.04. The first-order valence-corrected chi connectivity index (χ1v) is 2.91. The lowest BCUT2D eigenvalue weighted by Crippen LogP contribution is -2.34. The van der Waals surface area contributed by atoms with E-state index in [9.17, 15) is 9.59 Å². The molecule has 0 saturated carbocycles. The summed E-state index contributed by atoms with van der Waals surface area (Å²) >= 11 is 0. The molecule has 0 aliphatic heterocycles. The predicted octanol–water partition coefficient (Wildman–Crippen LogP) is -0.780. The first-order valence-electron chi connectivity index (χ1n) is 2.91.